The van der Waals surface area contributed by atoms with Gasteiger partial charge in [-0.2, -0.15) is 0 Å². The van der Waals surface area contributed by atoms with Crippen LogP contribution in [0, 0.1) is 5.92 Å². The van der Waals surface area contributed by atoms with Crippen LogP contribution in [0.3, 0.4) is 0 Å². The fourth-order valence-corrected chi connectivity index (χ4v) is 2.45. The maximum atomic E-state index is 12.2. The minimum absolute atomic E-state index is 0.108. The van der Waals surface area contributed by atoms with Gasteiger partial charge in [0.25, 0.3) is 0 Å². The molecule has 0 radical (unpaired) electrons. The van der Waals surface area contributed by atoms with E-state index >= 15 is 0 Å². The Morgan fingerprint density at radius 2 is 1.75 bits per heavy atom. The van der Waals surface area contributed by atoms with Crippen molar-refractivity contribution < 1.29 is 4.39 Å². The molecule has 1 aliphatic carbocycles. The molecule has 0 amide bonds. The van der Waals surface area contributed by atoms with Gasteiger partial charge in [-0.05, 0) is 12.8 Å². The van der Waals surface area contributed by atoms with Gasteiger partial charge < -0.3 is 0 Å². The topological polar surface area (TPSA) is 3.24 Å². The predicted octanol–water partition coefficient (Wildman–Crippen LogP) is 2.22. The number of hydrogen-bond acceptors (Lipinski definition) is 1. The first kappa shape index (κ1) is 8.49. The lowest BCUT2D eigenvalue weighted by Gasteiger charge is -2.44. The van der Waals surface area contributed by atoms with Crippen molar-refractivity contribution >= 4 is 0 Å². The Kier molecular flexibility index (Phi) is 2.64. The molecule has 2 rings (SSSR count). The van der Waals surface area contributed by atoms with Crippen molar-refractivity contribution in [2.45, 2.75) is 38.1 Å². The molecular formula is C10H18FN. The molecule has 0 aromatic rings. The van der Waals surface area contributed by atoms with Crippen LogP contribution in [0.5, 0.6) is 0 Å². The Bertz CT molecular complexity index is 137. The second-order valence-corrected chi connectivity index (χ2v) is 4.27. The van der Waals surface area contributed by atoms with E-state index < -0.39 is 0 Å². The van der Waals surface area contributed by atoms with Crippen molar-refractivity contribution in [2.75, 3.05) is 19.8 Å². The monoisotopic (exact) mass is 171 g/mol. The molecule has 0 bridgehead atoms. The molecule has 1 heterocycles. The minimum atomic E-state index is -0.108. The SMILES string of the molecule is FCC1CN(C2CCCCC2)C1. The van der Waals surface area contributed by atoms with Crippen molar-refractivity contribution in [3.05, 3.63) is 0 Å². The number of likely N-dealkylation sites (tertiary alicyclic amines) is 1. The number of hydrogen-bond donors (Lipinski definition) is 0. The van der Waals surface area contributed by atoms with Crippen molar-refractivity contribution in [3.8, 4) is 0 Å². The van der Waals surface area contributed by atoms with Crippen molar-refractivity contribution in [1.82, 2.24) is 4.90 Å². The van der Waals surface area contributed by atoms with Gasteiger partial charge in [0.1, 0.15) is 0 Å². The van der Waals surface area contributed by atoms with E-state index in [9.17, 15) is 4.39 Å². The highest BCUT2D eigenvalue weighted by atomic mass is 19.1. The number of halogens is 1. The first-order valence-electron chi connectivity index (χ1n) is 5.20. The Balaban J connectivity index is 1.72. The fourth-order valence-electron chi connectivity index (χ4n) is 2.45. The van der Waals surface area contributed by atoms with Gasteiger partial charge in [0.2, 0.25) is 0 Å². The highest BCUT2D eigenvalue weighted by molar-refractivity contribution is 4.86. The summed E-state index contributed by atoms with van der Waals surface area (Å²) in [5.41, 5.74) is 0. The van der Waals surface area contributed by atoms with Gasteiger partial charge in [-0.15, -0.1) is 0 Å². The number of alkyl halides is 1. The summed E-state index contributed by atoms with van der Waals surface area (Å²) in [7, 11) is 0. The maximum Gasteiger partial charge on any atom is 0.0947 e. The summed E-state index contributed by atoms with van der Waals surface area (Å²) < 4.78 is 12.2. The van der Waals surface area contributed by atoms with E-state index in [-0.39, 0.29) is 6.67 Å². The van der Waals surface area contributed by atoms with E-state index in [1.807, 2.05) is 0 Å². The molecule has 2 heteroatoms. The van der Waals surface area contributed by atoms with Gasteiger partial charge in [-0.1, -0.05) is 19.3 Å². The maximum absolute atomic E-state index is 12.2. The molecule has 0 atom stereocenters. The summed E-state index contributed by atoms with van der Waals surface area (Å²) in [5.74, 6) is 0.368. The van der Waals surface area contributed by atoms with Crippen LogP contribution < -0.4 is 0 Å². The van der Waals surface area contributed by atoms with Crippen LogP contribution in [0.4, 0.5) is 4.39 Å². The van der Waals surface area contributed by atoms with E-state index in [2.05, 4.69) is 4.90 Å². The molecular weight excluding hydrogens is 153 g/mol. The molecule has 0 spiro atoms. The smallest absolute Gasteiger partial charge is 0.0947 e. The largest absolute Gasteiger partial charge is 0.300 e. The molecule has 70 valence electrons. The molecule has 0 aromatic carbocycles. The number of nitrogens with zero attached hydrogens (tertiary/aromatic N) is 1. The number of rotatable bonds is 2. The molecule has 0 aromatic heterocycles. The van der Waals surface area contributed by atoms with Gasteiger partial charge in [0.15, 0.2) is 0 Å². The van der Waals surface area contributed by atoms with E-state index in [0.29, 0.717) is 5.92 Å². The molecule has 1 aliphatic heterocycles. The van der Waals surface area contributed by atoms with Gasteiger partial charge >= 0.3 is 0 Å². The Morgan fingerprint density at radius 1 is 1.08 bits per heavy atom. The third-order valence-corrected chi connectivity index (χ3v) is 3.29. The molecule has 0 N–H and O–H groups in total. The molecule has 2 aliphatic rings. The molecule has 12 heavy (non-hydrogen) atoms. The summed E-state index contributed by atoms with van der Waals surface area (Å²) in [5, 5.41) is 0. The van der Waals surface area contributed by atoms with Crippen LogP contribution in [-0.2, 0) is 0 Å². The van der Waals surface area contributed by atoms with Crippen LogP contribution in [0.2, 0.25) is 0 Å². The fraction of sp³-hybridized carbons (Fsp3) is 1.00. The van der Waals surface area contributed by atoms with Crippen LogP contribution >= 0.6 is 0 Å². The third kappa shape index (κ3) is 1.63. The Morgan fingerprint density at radius 3 is 2.33 bits per heavy atom. The standard InChI is InChI=1S/C10H18FN/c11-6-9-7-12(8-9)10-4-2-1-3-5-10/h9-10H,1-8H2. The average molecular weight is 171 g/mol. The molecule has 1 nitrogen and oxygen atoms in total. The van der Waals surface area contributed by atoms with E-state index in [4.69, 9.17) is 0 Å². The summed E-state index contributed by atoms with van der Waals surface area (Å²) in [6, 6.07) is 0.807. The molecule has 0 unspecified atom stereocenters. The van der Waals surface area contributed by atoms with Crippen LogP contribution in [0.25, 0.3) is 0 Å². The van der Waals surface area contributed by atoms with Crippen LogP contribution in [0.15, 0.2) is 0 Å². The molecule has 1 saturated heterocycles. The normalized spacial score (nSPS) is 28.8. The molecule has 1 saturated carbocycles. The van der Waals surface area contributed by atoms with Crippen molar-refractivity contribution in [1.29, 1.82) is 0 Å². The zero-order valence-electron chi connectivity index (χ0n) is 7.64. The lowest BCUT2D eigenvalue weighted by molar-refractivity contribution is 0.0238. The van der Waals surface area contributed by atoms with E-state index in [1.165, 1.54) is 32.1 Å². The van der Waals surface area contributed by atoms with Gasteiger partial charge in [0, 0.05) is 25.0 Å². The lowest BCUT2D eigenvalue weighted by atomic mass is 9.89. The van der Waals surface area contributed by atoms with Gasteiger partial charge in [0.05, 0.1) is 6.67 Å². The lowest BCUT2D eigenvalue weighted by Crippen LogP contribution is -2.53. The minimum Gasteiger partial charge on any atom is -0.300 e. The summed E-state index contributed by atoms with van der Waals surface area (Å²) >= 11 is 0. The zero-order valence-corrected chi connectivity index (χ0v) is 7.64. The first-order chi connectivity index (χ1) is 5.90. The quantitative estimate of drug-likeness (QED) is 0.615. The van der Waals surface area contributed by atoms with E-state index in [1.54, 1.807) is 0 Å². The van der Waals surface area contributed by atoms with Gasteiger partial charge in [-0.25, -0.2) is 0 Å². The van der Waals surface area contributed by atoms with Crippen molar-refractivity contribution in [3.63, 3.8) is 0 Å². The van der Waals surface area contributed by atoms with Crippen LogP contribution in [0.1, 0.15) is 32.1 Å². The second kappa shape index (κ2) is 3.73. The highest BCUT2D eigenvalue weighted by Gasteiger charge is 2.32. The summed E-state index contributed by atoms with van der Waals surface area (Å²) in [4.78, 5) is 2.48. The van der Waals surface area contributed by atoms with Crippen LogP contribution in [-0.4, -0.2) is 30.7 Å². The van der Waals surface area contributed by atoms with Crippen molar-refractivity contribution in [2.24, 2.45) is 5.92 Å². The third-order valence-electron chi connectivity index (χ3n) is 3.29. The van der Waals surface area contributed by atoms with Gasteiger partial charge in [-0.3, -0.25) is 9.29 Å². The average Bonchev–Trinajstić information content (AvgIpc) is 2.04. The second-order valence-electron chi connectivity index (χ2n) is 4.27. The Hall–Kier alpha value is -0.110. The zero-order chi connectivity index (χ0) is 8.39. The van der Waals surface area contributed by atoms with E-state index in [0.717, 1.165) is 19.1 Å². The Labute approximate surface area is 73.9 Å². The first-order valence-corrected chi connectivity index (χ1v) is 5.20. The predicted molar refractivity (Wildman–Crippen MR) is 47.9 cm³/mol. The summed E-state index contributed by atoms with van der Waals surface area (Å²) in [6.07, 6.45) is 6.91. The summed E-state index contributed by atoms with van der Waals surface area (Å²) in [6.45, 7) is 1.95. The molecule has 2 fully saturated rings. The highest BCUT2D eigenvalue weighted by Crippen LogP contribution is 2.28.